The van der Waals surface area contributed by atoms with E-state index in [9.17, 15) is 4.79 Å². The zero-order valence-electron chi connectivity index (χ0n) is 10.4. The molecular weight excluding hydrogens is 178 g/mol. The Morgan fingerprint density at radius 3 is 1.93 bits per heavy atom. The van der Waals surface area contributed by atoms with E-state index in [0.717, 1.165) is 0 Å². The van der Waals surface area contributed by atoms with Crippen LogP contribution < -0.4 is 0 Å². The van der Waals surface area contributed by atoms with Crippen molar-refractivity contribution >= 4 is 6.09 Å². The van der Waals surface area contributed by atoms with E-state index in [1.807, 2.05) is 0 Å². The molecule has 0 rings (SSSR count). The summed E-state index contributed by atoms with van der Waals surface area (Å²) in [6, 6.07) is 0.190. The van der Waals surface area contributed by atoms with Crippen LogP contribution in [0.2, 0.25) is 0 Å². The van der Waals surface area contributed by atoms with Crippen molar-refractivity contribution in [1.29, 1.82) is 0 Å². The largest absolute Gasteiger partial charge is 0.453 e. The zero-order chi connectivity index (χ0) is 11.5. The summed E-state index contributed by atoms with van der Waals surface area (Å²) in [7, 11) is 3.21. The number of ether oxygens (including phenoxy) is 1. The van der Waals surface area contributed by atoms with Crippen molar-refractivity contribution in [2.45, 2.75) is 40.7 Å². The molecule has 0 N–H and O–H groups in total. The molecule has 0 saturated heterocycles. The molecule has 0 aliphatic carbocycles. The first-order chi connectivity index (χ1) is 6.21. The fourth-order valence-electron chi connectivity index (χ4n) is 2.29. The van der Waals surface area contributed by atoms with Gasteiger partial charge in [0.2, 0.25) is 0 Å². The second-order valence-corrected chi connectivity index (χ2v) is 5.14. The molecule has 1 amide bonds. The molecule has 84 valence electrons. The number of methoxy groups -OCH3 is 1. The van der Waals surface area contributed by atoms with Gasteiger partial charge in [0.1, 0.15) is 0 Å². The second kappa shape index (κ2) is 4.67. The summed E-state index contributed by atoms with van der Waals surface area (Å²) in [4.78, 5) is 13.1. The summed E-state index contributed by atoms with van der Waals surface area (Å²) in [5.74, 6) is 0.416. The van der Waals surface area contributed by atoms with Crippen LogP contribution in [0.4, 0.5) is 4.79 Å². The van der Waals surface area contributed by atoms with Crippen LogP contribution in [0.1, 0.15) is 34.6 Å². The summed E-state index contributed by atoms with van der Waals surface area (Å²) in [6.45, 7) is 10.6. The summed E-state index contributed by atoms with van der Waals surface area (Å²) in [6.07, 6.45) is -0.265. The predicted molar refractivity (Wildman–Crippen MR) is 58.2 cm³/mol. The normalized spacial score (nSPS) is 14.0. The highest BCUT2D eigenvalue weighted by Crippen LogP contribution is 2.29. The molecule has 0 aromatic heterocycles. The van der Waals surface area contributed by atoms with Gasteiger partial charge in [-0.05, 0) is 11.3 Å². The van der Waals surface area contributed by atoms with Crippen LogP contribution in [0.15, 0.2) is 0 Å². The van der Waals surface area contributed by atoms with E-state index in [1.165, 1.54) is 7.11 Å². The number of rotatable bonds is 2. The molecule has 0 aromatic carbocycles. The Morgan fingerprint density at radius 2 is 1.71 bits per heavy atom. The first-order valence-electron chi connectivity index (χ1n) is 5.02. The lowest BCUT2D eigenvalue weighted by Crippen LogP contribution is -2.48. The summed E-state index contributed by atoms with van der Waals surface area (Å²) in [5, 5.41) is 0. The number of hydrogen-bond donors (Lipinski definition) is 0. The van der Waals surface area contributed by atoms with Crippen molar-refractivity contribution in [1.82, 2.24) is 4.90 Å². The van der Waals surface area contributed by atoms with Crippen LogP contribution in [0.3, 0.4) is 0 Å². The van der Waals surface area contributed by atoms with Gasteiger partial charge in [-0.1, -0.05) is 34.6 Å². The van der Waals surface area contributed by atoms with Gasteiger partial charge in [0.25, 0.3) is 0 Å². The third kappa shape index (κ3) is 3.20. The van der Waals surface area contributed by atoms with Gasteiger partial charge in [-0.2, -0.15) is 0 Å². The van der Waals surface area contributed by atoms with E-state index in [-0.39, 0.29) is 17.6 Å². The smallest absolute Gasteiger partial charge is 0.409 e. The van der Waals surface area contributed by atoms with Gasteiger partial charge < -0.3 is 9.64 Å². The van der Waals surface area contributed by atoms with Gasteiger partial charge in [0, 0.05) is 13.1 Å². The Morgan fingerprint density at radius 1 is 1.29 bits per heavy atom. The van der Waals surface area contributed by atoms with Gasteiger partial charge in [-0.25, -0.2) is 4.79 Å². The molecular formula is C11H23NO2. The predicted octanol–water partition coefficient (Wildman–Crippen LogP) is 2.76. The van der Waals surface area contributed by atoms with Gasteiger partial charge >= 0.3 is 6.09 Å². The molecule has 1 atom stereocenters. The van der Waals surface area contributed by atoms with Crippen LogP contribution in [0.25, 0.3) is 0 Å². The minimum absolute atomic E-state index is 0.0666. The molecule has 3 heteroatoms. The molecule has 3 nitrogen and oxygen atoms in total. The number of nitrogens with zero attached hydrogens (tertiary/aromatic N) is 1. The zero-order valence-corrected chi connectivity index (χ0v) is 10.4. The Labute approximate surface area is 87.4 Å². The molecule has 0 aromatic rings. The quantitative estimate of drug-likeness (QED) is 0.687. The fourth-order valence-corrected chi connectivity index (χ4v) is 2.29. The highest BCUT2D eigenvalue weighted by atomic mass is 16.5. The number of amides is 1. The molecule has 14 heavy (non-hydrogen) atoms. The molecule has 0 fully saturated rings. The minimum Gasteiger partial charge on any atom is -0.453 e. The van der Waals surface area contributed by atoms with Crippen LogP contribution in [-0.4, -0.2) is 31.2 Å². The third-order valence-electron chi connectivity index (χ3n) is 2.40. The number of carbonyl (C=O) groups is 1. The van der Waals surface area contributed by atoms with Gasteiger partial charge in [0.05, 0.1) is 7.11 Å². The van der Waals surface area contributed by atoms with Crippen LogP contribution in [0.5, 0.6) is 0 Å². The lowest BCUT2D eigenvalue weighted by molar-refractivity contribution is 0.0636. The Kier molecular flexibility index (Phi) is 4.43. The van der Waals surface area contributed by atoms with Crippen molar-refractivity contribution in [2.75, 3.05) is 14.2 Å². The Hall–Kier alpha value is -0.730. The Balaban J connectivity index is 4.76. The first-order valence-corrected chi connectivity index (χ1v) is 5.02. The standard InChI is InChI=1S/C11H23NO2/c1-8(2)9(11(3,4)5)12(6)10(13)14-7/h8-9H,1-7H3/t9-/m1/s1. The van der Waals surface area contributed by atoms with E-state index in [1.54, 1.807) is 11.9 Å². The van der Waals surface area contributed by atoms with Crippen molar-refractivity contribution in [2.24, 2.45) is 11.3 Å². The van der Waals surface area contributed by atoms with Crippen molar-refractivity contribution in [3.05, 3.63) is 0 Å². The average molecular weight is 201 g/mol. The van der Waals surface area contributed by atoms with E-state index in [2.05, 4.69) is 34.6 Å². The molecule has 0 spiro atoms. The van der Waals surface area contributed by atoms with Crippen molar-refractivity contribution in [3.8, 4) is 0 Å². The highest BCUT2D eigenvalue weighted by Gasteiger charge is 2.33. The van der Waals surface area contributed by atoms with Crippen LogP contribution in [-0.2, 0) is 4.74 Å². The molecule has 0 heterocycles. The topological polar surface area (TPSA) is 29.5 Å². The van der Waals surface area contributed by atoms with E-state index in [4.69, 9.17) is 4.74 Å². The monoisotopic (exact) mass is 201 g/mol. The van der Waals surface area contributed by atoms with Gasteiger partial charge in [-0.3, -0.25) is 0 Å². The maximum atomic E-state index is 11.4. The molecule has 0 saturated carbocycles. The van der Waals surface area contributed by atoms with Crippen molar-refractivity contribution in [3.63, 3.8) is 0 Å². The molecule has 0 aliphatic heterocycles. The first kappa shape index (κ1) is 13.3. The average Bonchev–Trinajstić information content (AvgIpc) is 1.99. The highest BCUT2D eigenvalue weighted by molar-refractivity contribution is 5.67. The summed E-state index contributed by atoms with van der Waals surface area (Å²) >= 11 is 0. The number of hydrogen-bond acceptors (Lipinski definition) is 2. The second-order valence-electron chi connectivity index (χ2n) is 5.14. The van der Waals surface area contributed by atoms with E-state index < -0.39 is 0 Å². The lowest BCUT2D eigenvalue weighted by Gasteiger charge is -2.40. The van der Waals surface area contributed by atoms with Crippen LogP contribution in [0, 0.1) is 11.3 Å². The number of carbonyl (C=O) groups excluding carboxylic acids is 1. The molecule has 0 aliphatic rings. The lowest BCUT2D eigenvalue weighted by atomic mass is 9.79. The SMILES string of the molecule is COC(=O)N(C)[C@H](C(C)C)C(C)(C)C. The summed E-state index contributed by atoms with van der Waals surface area (Å²) in [5.41, 5.74) is 0.0666. The summed E-state index contributed by atoms with van der Waals surface area (Å²) < 4.78 is 4.73. The van der Waals surface area contributed by atoms with Gasteiger partial charge in [-0.15, -0.1) is 0 Å². The van der Waals surface area contributed by atoms with Gasteiger partial charge in [0.15, 0.2) is 0 Å². The van der Waals surface area contributed by atoms with E-state index in [0.29, 0.717) is 5.92 Å². The minimum atomic E-state index is -0.265. The van der Waals surface area contributed by atoms with E-state index >= 15 is 0 Å². The molecule has 0 unspecified atom stereocenters. The Bertz CT molecular complexity index is 194. The van der Waals surface area contributed by atoms with Crippen LogP contribution >= 0.6 is 0 Å². The maximum Gasteiger partial charge on any atom is 0.409 e. The maximum absolute atomic E-state index is 11.4. The molecule has 0 bridgehead atoms. The van der Waals surface area contributed by atoms with Crippen molar-refractivity contribution < 1.29 is 9.53 Å². The fraction of sp³-hybridized carbons (Fsp3) is 0.909. The molecule has 0 radical (unpaired) electrons. The third-order valence-corrected chi connectivity index (χ3v) is 2.40.